The average molecular weight is 362 g/mol. The zero-order chi connectivity index (χ0) is 18.7. The lowest BCUT2D eigenvalue weighted by Gasteiger charge is -2.35. The van der Waals surface area contributed by atoms with Crippen LogP contribution in [0.3, 0.4) is 0 Å². The van der Waals surface area contributed by atoms with E-state index >= 15 is 0 Å². The topological polar surface area (TPSA) is 104 Å². The van der Waals surface area contributed by atoms with Crippen LogP contribution < -0.4 is 5.32 Å². The Labute approximate surface area is 152 Å². The molecule has 1 unspecified atom stereocenters. The monoisotopic (exact) mass is 362 g/mol. The molecule has 0 saturated carbocycles. The van der Waals surface area contributed by atoms with Gasteiger partial charge in [-0.15, -0.1) is 0 Å². The highest BCUT2D eigenvalue weighted by atomic mass is 16.7. The summed E-state index contributed by atoms with van der Waals surface area (Å²) < 4.78 is 11.2. The van der Waals surface area contributed by atoms with Gasteiger partial charge in [0.15, 0.2) is 6.29 Å². The minimum absolute atomic E-state index is 0.0478. The normalized spacial score (nSPS) is 20.1. The molecule has 1 aliphatic rings. The Hall–Kier alpha value is -1.93. The van der Waals surface area contributed by atoms with E-state index < -0.39 is 24.5 Å². The van der Waals surface area contributed by atoms with Gasteiger partial charge in [-0.3, -0.25) is 10.1 Å². The van der Waals surface area contributed by atoms with Gasteiger partial charge in [0.25, 0.3) is 0 Å². The number of carboxylic acids is 1. The molecule has 1 aliphatic heterocycles. The Morgan fingerprint density at radius 3 is 2.73 bits per heavy atom. The predicted octanol–water partition coefficient (Wildman–Crippen LogP) is 1.86. The Bertz CT molecular complexity index is 747. The third kappa shape index (κ3) is 4.62. The van der Waals surface area contributed by atoms with Crippen LogP contribution in [0.25, 0.3) is 10.9 Å². The first kappa shape index (κ1) is 18.8. The number of benzene rings is 1. The molecule has 1 saturated heterocycles. The van der Waals surface area contributed by atoms with Crippen LogP contribution in [0.5, 0.6) is 0 Å². The number of rotatable bonds is 7. The average Bonchev–Trinajstić information content (AvgIpc) is 2.99. The van der Waals surface area contributed by atoms with Crippen LogP contribution >= 0.6 is 0 Å². The molecule has 1 aromatic heterocycles. The lowest BCUT2D eigenvalue weighted by molar-refractivity contribution is -0.232. The maximum absolute atomic E-state index is 11.6. The molecule has 3 rings (SSSR count). The number of carboxylic acid groups (broad SMARTS) is 1. The van der Waals surface area contributed by atoms with E-state index in [4.69, 9.17) is 9.47 Å². The highest BCUT2D eigenvalue weighted by molar-refractivity contribution is 5.84. The fourth-order valence-corrected chi connectivity index (χ4v) is 3.08. The summed E-state index contributed by atoms with van der Waals surface area (Å²) in [6, 6.07) is 6.81. The second kappa shape index (κ2) is 7.75. The molecule has 0 spiro atoms. The highest BCUT2D eigenvalue weighted by Gasteiger charge is 2.30. The predicted molar refractivity (Wildman–Crippen MR) is 96.7 cm³/mol. The Balaban J connectivity index is 1.59. The van der Waals surface area contributed by atoms with Crippen LogP contribution in [-0.2, 0) is 20.7 Å². The number of aliphatic hydroxyl groups is 1. The summed E-state index contributed by atoms with van der Waals surface area (Å²) in [7, 11) is 0. The molecule has 2 aromatic rings. The first-order valence-electron chi connectivity index (χ1n) is 8.79. The molecule has 0 radical (unpaired) electrons. The lowest BCUT2D eigenvalue weighted by Crippen LogP contribution is -2.47. The van der Waals surface area contributed by atoms with Crippen molar-refractivity contribution in [2.75, 3.05) is 13.2 Å². The number of fused-ring (bicyclic) bond motifs is 1. The number of para-hydroxylation sites is 1. The molecular formula is C19H26N2O5. The van der Waals surface area contributed by atoms with Crippen LogP contribution in [0.4, 0.5) is 0 Å². The maximum atomic E-state index is 11.6. The van der Waals surface area contributed by atoms with Crippen LogP contribution in [-0.4, -0.2) is 52.9 Å². The van der Waals surface area contributed by atoms with Crippen molar-refractivity contribution in [1.29, 1.82) is 0 Å². The number of hydrogen-bond acceptors (Lipinski definition) is 5. The number of nitrogens with one attached hydrogen (secondary N) is 2. The third-order valence-electron chi connectivity index (χ3n) is 4.53. The number of H-pyrrole nitrogens is 1. The Morgan fingerprint density at radius 1 is 1.35 bits per heavy atom. The number of carbonyl (C=O) groups is 1. The van der Waals surface area contributed by atoms with Crippen molar-refractivity contribution in [3.05, 3.63) is 36.0 Å². The molecule has 0 bridgehead atoms. The largest absolute Gasteiger partial charge is 0.480 e. The van der Waals surface area contributed by atoms with Crippen molar-refractivity contribution in [3.63, 3.8) is 0 Å². The summed E-state index contributed by atoms with van der Waals surface area (Å²) in [5.41, 5.74) is 1.80. The standard InChI is InChI=1S/C19H26N2O5/c1-19(2)10-25-17(26-11-19)8-16(22)21-15(18(23)24)7-12-9-20-14-6-4-3-5-13(12)14/h3-6,9,15-17,20-22H,7-8,10-11H2,1-2H3,(H,23,24)/t15-,16?/m0/s1. The van der Waals surface area contributed by atoms with Gasteiger partial charge in [0.2, 0.25) is 0 Å². The van der Waals surface area contributed by atoms with E-state index in [1.807, 2.05) is 44.3 Å². The van der Waals surface area contributed by atoms with E-state index in [2.05, 4.69) is 10.3 Å². The molecule has 2 heterocycles. The zero-order valence-corrected chi connectivity index (χ0v) is 15.1. The second-order valence-corrected chi connectivity index (χ2v) is 7.59. The summed E-state index contributed by atoms with van der Waals surface area (Å²) in [4.78, 5) is 14.8. The van der Waals surface area contributed by atoms with E-state index in [1.165, 1.54) is 0 Å². The molecule has 0 amide bonds. The molecule has 4 N–H and O–H groups in total. The van der Waals surface area contributed by atoms with Crippen molar-refractivity contribution in [1.82, 2.24) is 10.3 Å². The van der Waals surface area contributed by atoms with Crippen LogP contribution in [0.15, 0.2) is 30.5 Å². The molecule has 1 fully saturated rings. The van der Waals surface area contributed by atoms with E-state index in [-0.39, 0.29) is 18.3 Å². The molecule has 7 heteroatoms. The Morgan fingerprint density at radius 2 is 2.04 bits per heavy atom. The van der Waals surface area contributed by atoms with E-state index in [0.717, 1.165) is 16.5 Å². The van der Waals surface area contributed by atoms with Gasteiger partial charge in [-0.1, -0.05) is 32.0 Å². The van der Waals surface area contributed by atoms with Crippen molar-refractivity contribution in [3.8, 4) is 0 Å². The van der Waals surface area contributed by atoms with Gasteiger partial charge in [-0.05, 0) is 11.6 Å². The SMILES string of the molecule is CC1(C)COC(CC(O)N[C@@H](Cc2c[nH]c3ccccc23)C(=O)O)OC1. The molecule has 7 nitrogen and oxygen atoms in total. The van der Waals surface area contributed by atoms with Gasteiger partial charge in [0.1, 0.15) is 12.3 Å². The summed E-state index contributed by atoms with van der Waals surface area (Å²) in [6.07, 6.45) is 0.675. The van der Waals surface area contributed by atoms with Crippen LogP contribution in [0, 0.1) is 5.41 Å². The molecule has 0 aliphatic carbocycles. The molecule has 2 atom stereocenters. The number of hydrogen-bond donors (Lipinski definition) is 4. The van der Waals surface area contributed by atoms with Crippen molar-refractivity contribution >= 4 is 16.9 Å². The summed E-state index contributed by atoms with van der Waals surface area (Å²) in [5.74, 6) is -1.01. The number of aromatic nitrogens is 1. The first-order valence-corrected chi connectivity index (χ1v) is 8.79. The zero-order valence-electron chi connectivity index (χ0n) is 15.1. The third-order valence-corrected chi connectivity index (χ3v) is 4.53. The van der Waals surface area contributed by atoms with Gasteiger partial charge in [-0.25, -0.2) is 0 Å². The van der Waals surface area contributed by atoms with Crippen LogP contribution in [0.2, 0.25) is 0 Å². The number of aliphatic hydroxyl groups excluding tert-OH is 1. The summed E-state index contributed by atoms with van der Waals surface area (Å²) in [5, 5.41) is 23.5. The molecule has 26 heavy (non-hydrogen) atoms. The second-order valence-electron chi connectivity index (χ2n) is 7.59. The van der Waals surface area contributed by atoms with Gasteiger partial charge in [0.05, 0.1) is 13.2 Å². The van der Waals surface area contributed by atoms with E-state index in [9.17, 15) is 15.0 Å². The molecule has 1 aromatic carbocycles. The first-order chi connectivity index (χ1) is 12.3. The quantitative estimate of drug-likeness (QED) is 0.561. The fourth-order valence-electron chi connectivity index (χ4n) is 3.08. The van der Waals surface area contributed by atoms with Gasteiger partial charge >= 0.3 is 5.97 Å². The fraction of sp³-hybridized carbons (Fsp3) is 0.526. The molecular weight excluding hydrogens is 336 g/mol. The number of ether oxygens (including phenoxy) is 2. The van der Waals surface area contributed by atoms with Crippen molar-refractivity contribution in [2.24, 2.45) is 5.41 Å². The number of aliphatic carboxylic acids is 1. The highest BCUT2D eigenvalue weighted by Crippen LogP contribution is 2.24. The minimum atomic E-state index is -1.03. The van der Waals surface area contributed by atoms with Crippen LogP contribution in [0.1, 0.15) is 25.8 Å². The minimum Gasteiger partial charge on any atom is -0.480 e. The summed E-state index contributed by atoms with van der Waals surface area (Å²) in [6.45, 7) is 5.17. The van der Waals surface area contributed by atoms with Crippen molar-refractivity contribution < 1.29 is 24.5 Å². The van der Waals surface area contributed by atoms with E-state index in [0.29, 0.717) is 13.2 Å². The molecule has 142 valence electrons. The van der Waals surface area contributed by atoms with Gasteiger partial charge in [-0.2, -0.15) is 0 Å². The van der Waals surface area contributed by atoms with Gasteiger partial charge < -0.3 is 24.7 Å². The van der Waals surface area contributed by atoms with E-state index in [1.54, 1.807) is 0 Å². The lowest BCUT2D eigenvalue weighted by atomic mass is 9.95. The Kier molecular flexibility index (Phi) is 5.62. The summed E-state index contributed by atoms with van der Waals surface area (Å²) >= 11 is 0. The number of aromatic amines is 1. The van der Waals surface area contributed by atoms with Crippen molar-refractivity contribution in [2.45, 2.75) is 45.2 Å². The van der Waals surface area contributed by atoms with Gasteiger partial charge in [0, 0.05) is 35.4 Å². The smallest absolute Gasteiger partial charge is 0.321 e. The maximum Gasteiger partial charge on any atom is 0.321 e.